The number of nitrogens with two attached hydrogens (primary N) is 1. The molecule has 1 aliphatic carbocycles. The van der Waals surface area contributed by atoms with Gasteiger partial charge in [0.1, 0.15) is 0 Å². The molecule has 0 unspecified atom stereocenters. The third-order valence-electron chi connectivity index (χ3n) is 3.37. The van der Waals surface area contributed by atoms with E-state index in [4.69, 9.17) is 17.3 Å². The first-order chi connectivity index (χ1) is 7.27. The Morgan fingerprint density at radius 1 is 1.00 bits per heavy atom. The molecule has 15 heavy (non-hydrogen) atoms. The Bertz CT molecular complexity index is 307. The third-order valence-corrected chi connectivity index (χ3v) is 3.62. The van der Waals surface area contributed by atoms with Crippen molar-refractivity contribution in [1.29, 1.82) is 0 Å². The number of benzene rings is 1. The van der Waals surface area contributed by atoms with Crippen LogP contribution in [0.3, 0.4) is 0 Å². The van der Waals surface area contributed by atoms with Crippen molar-refractivity contribution in [2.75, 3.05) is 0 Å². The SMILES string of the molecule is N[C@H]1CCCCC[C@@H]1c1ccc(Cl)cc1. The maximum Gasteiger partial charge on any atom is 0.0406 e. The summed E-state index contributed by atoms with van der Waals surface area (Å²) in [5.74, 6) is 0.532. The van der Waals surface area contributed by atoms with Crippen LogP contribution in [0.25, 0.3) is 0 Å². The van der Waals surface area contributed by atoms with Gasteiger partial charge in [-0.3, -0.25) is 0 Å². The highest BCUT2D eigenvalue weighted by Gasteiger charge is 2.21. The first-order valence-electron chi connectivity index (χ1n) is 5.78. The molecule has 1 saturated carbocycles. The highest BCUT2D eigenvalue weighted by Crippen LogP contribution is 2.31. The molecule has 0 aromatic heterocycles. The fourth-order valence-electron chi connectivity index (χ4n) is 2.46. The highest BCUT2D eigenvalue weighted by atomic mass is 35.5. The second-order valence-electron chi connectivity index (χ2n) is 4.46. The van der Waals surface area contributed by atoms with Crippen molar-refractivity contribution < 1.29 is 0 Å². The maximum atomic E-state index is 6.22. The Labute approximate surface area is 96.6 Å². The number of hydrogen-bond donors (Lipinski definition) is 1. The van der Waals surface area contributed by atoms with Crippen molar-refractivity contribution in [2.45, 2.75) is 44.1 Å². The average Bonchev–Trinajstić information content (AvgIpc) is 2.44. The van der Waals surface area contributed by atoms with Crippen molar-refractivity contribution in [3.63, 3.8) is 0 Å². The Hall–Kier alpha value is -0.530. The molecule has 82 valence electrons. The van der Waals surface area contributed by atoms with Crippen molar-refractivity contribution >= 4 is 11.6 Å². The van der Waals surface area contributed by atoms with E-state index < -0.39 is 0 Å². The van der Waals surface area contributed by atoms with E-state index in [1.807, 2.05) is 12.1 Å². The molecule has 1 aliphatic rings. The predicted molar refractivity (Wildman–Crippen MR) is 65.3 cm³/mol. The van der Waals surface area contributed by atoms with Gasteiger partial charge in [0.05, 0.1) is 0 Å². The Morgan fingerprint density at radius 3 is 2.40 bits per heavy atom. The summed E-state index contributed by atoms with van der Waals surface area (Å²) in [6.45, 7) is 0. The van der Waals surface area contributed by atoms with Gasteiger partial charge >= 0.3 is 0 Å². The van der Waals surface area contributed by atoms with E-state index in [1.54, 1.807) is 0 Å². The van der Waals surface area contributed by atoms with E-state index in [9.17, 15) is 0 Å². The fourth-order valence-corrected chi connectivity index (χ4v) is 2.59. The lowest BCUT2D eigenvalue weighted by molar-refractivity contribution is 0.505. The molecule has 1 nitrogen and oxygen atoms in total. The van der Waals surface area contributed by atoms with Crippen LogP contribution in [-0.2, 0) is 0 Å². The molecule has 0 bridgehead atoms. The van der Waals surface area contributed by atoms with Gasteiger partial charge in [0.15, 0.2) is 0 Å². The minimum Gasteiger partial charge on any atom is -0.327 e. The summed E-state index contributed by atoms with van der Waals surface area (Å²) < 4.78 is 0. The normalized spacial score (nSPS) is 27.3. The summed E-state index contributed by atoms with van der Waals surface area (Å²) in [4.78, 5) is 0. The summed E-state index contributed by atoms with van der Waals surface area (Å²) in [7, 11) is 0. The molecule has 1 aromatic carbocycles. The first-order valence-corrected chi connectivity index (χ1v) is 6.16. The molecular formula is C13H18ClN. The Morgan fingerprint density at radius 2 is 1.67 bits per heavy atom. The zero-order valence-electron chi connectivity index (χ0n) is 8.95. The molecule has 1 aromatic rings. The zero-order valence-corrected chi connectivity index (χ0v) is 9.71. The lowest BCUT2D eigenvalue weighted by Crippen LogP contribution is -2.27. The van der Waals surface area contributed by atoms with Gasteiger partial charge in [-0.2, -0.15) is 0 Å². The number of rotatable bonds is 1. The summed E-state index contributed by atoms with van der Waals surface area (Å²) in [6.07, 6.45) is 6.31. The van der Waals surface area contributed by atoms with Gasteiger partial charge < -0.3 is 5.73 Å². The van der Waals surface area contributed by atoms with Crippen molar-refractivity contribution in [3.8, 4) is 0 Å². The molecule has 2 N–H and O–H groups in total. The van der Waals surface area contributed by atoms with Crippen LogP contribution in [0.2, 0.25) is 5.02 Å². The van der Waals surface area contributed by atoms with Crippen LogP contribution >= 0.6 is 11.6 Å². The molecule has 0 aliphatic heterocycles. The van der Waals surface area contributed by atoms with Crippen LogP contribution < -0.4 is 5.73 Å². The molecule has 0 spiro atoms. The maximum absolute atomic E-state index is 6.22. The lowest BCUT2D eigenvalue weighted by Gasteiger charge is -2.21. The van der Waals surface area contributed by atoms with E-state index in [1.165, 1.54) is 31.2 Å². The van der Waals surface area contributed by atoms with Gasteiger partial charge in [0.25, 0.3) is 0 Å². The highest BCUT2D eigenvalue weighted by molar-refractivity contribution is 6.30. The minimum atomic E-state index is 0.327. The Kier molecular flexibility index (Phi) is 3.66. The van der Waals surface area contributed by atoms with E-state index in [0.29, 0.717) is 12.0 Å². The topological polar surface area (TPSA) is 26.0 Å². The lowest BCUT2D eigenvalue weighted by atomic mass is 9.88. The van der Waals surface area contributed by atoms with Crippen LogP contribution in [-0.4, -0.2) is 6.04 Å². The smallest absolute Gasteiger partial charge is 0.0406 e. The summed E-state index contributed by atoms with van der Waals surface area (Å²) in [5, 5.41) is 0.806. The molecule has 1 fully saturated rings. The van der Waals surface area contributed by atoms with Gasteiger partial charge in [-0.1, -0.05) is 43.0 Å². The predicted octanol–water partition coefficient (Wildman–Crippen LogP) is 3.72. The molecule has 0 radical (unpaired) electrons. The van der Waals surface area contributed by atoms with E-state index in [-0.39, 0.29) is 0 Å². The van der Waals surface area contributed by atoms with Crippen LogP contribution in [0.4, 0.5) is 0 Å². The van der Waals surface area contributed by atoms with Gasteiger partial charge in [0.2, 0.25) is 0 Å². The largest absolute Gasteiger partial charge is 0.327 e. The second-order valence-corrected chi connectivity index (χ2v) is 4.90. The summed E-state index contributed by atoms with van der Waals surface area (Å²) in [6, 6.07) is 8.51. The summed E-state index contributed by atoms with van der Waals surface area (Å²) >= 11 is 5.89. The van der Waals surface area contributed by atoms with Crippen LogP contribution in [0, 0.1) is 0 Å². The zero-order chi connectivity index (χ0) is 10.7. The van der Waals surface area contributed by atoms with Crippen molar-refractivity contribution in [1.82, 2.24) is 0 Å². The van der Waals surface area contributed by atoms with Gasteiger partial charge in [-0.25, -0.2) is 0 Å². The van der Waals surface area contributed by atoms with E-state index in [0.717, 1.165) is 11.4 Å². The number of hydrogen-bond acceptors (Lipinski definition) is 1. The van der Waals surface area contributed by atoms with Gasteiger partial charge in [-0.15, -0.1) is 0 Å². The molecule has 2 rings (SSSR count). The minimum absolute atomic E-state index is 0.327. The van der Waals surface area contributed by atoms with Gasteiger partial charge in [0, 0.05) is 11.1 Å². The second kappa shape index (κ2) is 5.00. The van der Waals surface area contributed by atoms with Crippen LogP contribution in [0.15, 0.2) is 24.3 Å². The first kappa shape index (κ1) is 11.0. The van der Waals surface area contributed by atoms with Crippen LogP contribution in [0.5, 0.6) is 0 Å². The molecule has 0 amide bonds. The third kappa shape index (κ3) is 2.73. The van der Waals surface area contributed by atoms with Crippen LogP contribution in [0.1, 0.15) is 43.6 Å². The van der Waals surface area contributed by atoms with Gasteiger partial charge in [-0.05, 0) is 36.5 Å². The quantitative estimate of drug-likeness (QED) is 0.722. The molecule has 2 atom stereocenters. The monoisotopic (exact) mass is 223 g/mol. The molecule has 0 heterocycles. The molecular weight excluding hydrogens is 206 g/mol. The standard InChI is InChI=1S/C13H18ClN/c14-11-8-6-10(7-9-11)12-4-2-1-3-5-13(12)15/h6-9,12-13H,1-5,15H2/t12-,13+/m1/s1. The summed E-state index contributed by atoms with van der Waals surface area (Å²) in [5.41, 5.74) is 7.57. The average molecular weight is 224 g/mol. The molecule has 0 saturated heterocycles. The number of halogens is 1. The van der Waals surface area contributed by atoms with Crippen molar-refractivity contribution in [2.24, 2.45) is 5.73 Å². The fraction of sp³-hybridized carbons (Fsp3) is 0.538. The Balaban J connectivity index is 2.16. The van der Waals surface area contributed by atoms with E-state index in [2.05, 4.69) is 12.1 Å². The molecule has 2 heteroatoms. The van der Waals surface area contributed by atoms with Crippen molar-refractivity contribution in [3.05, 3.63) is 34.9 Å². The van der Waals surface area contributed by atoms with E-state index >= 15 is 0 Å².